The standard InChI is InChI=1S/C26H24FN3O2S/c1-32-23-11-10-19(16-22(23)27)18-29-12-14-30(15-13-29)26(31)21-7-3-5-9-25(21)33-24-8-4-2-6-20(24)17-28/h2-11,16H,12-15,18H2,1H3. The van der Waals surface area contributed by atoms with Crippen LogP contribution in [0.3, 0.4) is 0 Å². The van der Waals surface area contributed by atoms with Crippen molar-refractivity contribution in [3.05, 3.63) is 89.2 Å². The van der Waals surface area contributed by atoms with Crippen molar-refractivity contribution in [1.29, 1.82) is 5.26 Å². The van der Waals surface area contributed by atoms with E-state index in [1.165, 1.54) is 24.9 Å². The van der Waals surface area contributed by atoms with Crippen LogP contribution in [0.4, 0.5) is 4.39 Å². The number of amides is 1. The molecule has 0 aromatic heterocycles. The molecule has 168 valence electrons. The summed E-state index contributed by atoms with van der Waals surface area (Å²) in [6, 6.07) is 22.1. The Balaban J connectivity index is 1.41. The van der Waals surface area contributed by atoms with E-state index in [-0.39, 0.29) is 17.5 Å². The van der Waals surface area contributed by atoms with Gasteiger partial charge in [0.2, 0.25) is 0 Å². The number of carbonyl (C=O) groups excluding carboxylic acids is 1. The lowest BCUT2D eigenvalue weighted by Crippen LogP contribution is -2.48. The molecule has 5 nitrogen and oxygen atoms in total. The molecule has 0 aliphatic carbocycles. The SMILES string of the molecule is COc1ccc(CN2CCN(C(=O)c3ccccc3Sc3ccccc3C#N)CC2)cc1F. The number of carbonyl (C=O) groups is 1. The van der Waals surface area contributed by atoms with Crippen molar-refractivity contribution in [2.45, 2.75) is 16.3 Å². The second-order valence-corrected chi connectivity index (χ2v) is 8.83. The first-order valence-electron chi connectivity index (χ1n) is 10.7. The van der Waals surface area contributed by atoms with Crippen LogP contribution < -0.4 is 4.74 Å². The average Bonchev–Trinajstić information content (AvgIpc) is 2.85. The van der Waals surface area contributed by atoms with Gasteiger partial charge in [0.05, 0.1) is 18.2 Å². The van der Waals surface area contributed by atoms with Gasteiger partial charge >= 0.3 is 0 Å². The zero-order valence-electron chi connectivity index (χ0n) is 18.3. The Morgan fingerprint density at radius 3 is 2.42 bits per heavy atom. The minimum Gasteiger partial charge on any atom is -0.494 e. The van der Waals surface area contributed by atoms with Crippen molar-refractivity contribution in [2.75, 3.05) is 33.3 Å². The zero-order chi connectivity index (χ0) is 23.2. The molecule has 0 spiro atoms. The maximum atomic E-state index is 14.0. The van der Waals surface area contributed by atoms with Crippen molar-refractivity contribution in [3.63, 3.8) is 0 Å². The molecule has 0 saturated carbocycles. The first-order chi connectivity index (χ1) is 16.1. The maximum Gasteiger partial charge on any atom is 0.255 e. The van der Waals surface area contributed by atoms with E-state index in [1.807, 2.05) is 53.4 Å². The molecule has 7 heteroatoms. The maximum absolute atomic E-state index is 14.0. The summed E-state index contributed by atoms with van der Waals surface area (Å²) in [5, 5.41) is 9.38. The molecule has 0 radical (unpaired) electrons. The van der Waals surface area contributed by atoms with Gasteiger partial charge in [0.15, 0.2) is 11.6 Å². The van der Waals surface area contributed by atoms with Crippen LogP contribution in [0.2, 0.25) is 0 Å². The quantitative estimate of drug-likeness (QED) is 0.527. The number of nitriles is 1. The third kappa shape index (κ3) is 5.36. The van der Waals surface area contributed by atoms with Gasteiger partial charge in [-0.15, -0.1) is 0 Å². The van der Waals surface area contributed by atoms with E-state index in [2.05, 4.69) is 11.0 Å². The Morgan fingerprint density at radius 2 is 1.73 bits per heavy atom. The molecular formula is C26H24FN3O2S. The molecule has 1 heterocycles. The van der Waals surface area contributed by atoms with E-state index in [1.54, 1.807) is 12.1 Å². The Bertz CT molecular complexity index is 1190. The van der Waals surface area contributed by atoms with Crippen molar-refractivity contribution < 1.29 is 13.9 Å². The summed E-state index contributed by atoms with van der Waals surface area (Å²) in [6.45, 7) is 3.26. The minimum atomic E-state index is -0.365. The Hall–Kier alpha value is -3.34. The Morgan fingerprint density at radius 1 is 1.03 bits per heavy atom. The van der Waals surface area contributed by atoms with Crippen molar-refractivity contribution >= 4 is 17.7 Å². The van der Waals surface area contributed by atoms with Crippen LogP contribution in [0.15, 0.2) is 76.5 Å². The van der Waals surface area contributed by atoms with Gasteiger partial charge in [-0.25, -0.2) is 4.39 Å². The van der Waals surface area contributed by atoms with Crippen LogP contribution in [0.25, 0.3) is 0 Å². The fourth-order valence-electron chi connectivity index (χ4n) is 3.84. The molecule has 33 heavy (non-hydrogen) atoms. The molecule has 1 amide bonds. The summed E-state index contributed by atoms with van der Waals surface area (Å²) in [4.78, 5) is 19.1. The molecule has 3 aromatic rings. The van der Waals surface area contributed by atoms with Gasteiger partial charge in [-0.3, -0.25) is 9.69 Å². The molecule has 1 saturated heterocycles. The monoisotopic (exact) mass is 461 g/mol. The van der Waals surface area contributed by atoms with Crippen LogP contribution in [-0.4, -0.2) is 49.0 Å². The van der Waals surface area contributed by atoms with Crippen LogP contribution in [0, 0.1) is 17.1 Å². The second kappa shape index (κ2) is 10.5. The van der Waals surface area contributed by atoms with Crippen molar-refractivity contribution in [1.82, 2.24) is 9.80 Å². The fourth-order valence-corrected chi connectivity index (χ4v) is 4.86. The number of halogens is 1. The highest BCUT2D eigenvalue weighted by atomic mass is 32.2. The summed E-state index contributed by atoms with van der Waals surface area (Å²) in [5.41, 5.74) is 2.11. The van der Waals surface area contributed by atoms with Crippen molar-refractivity contribution in [3.8, 4) is 11.8 Å². The van der Waals surface area contributed by atoms with Crippen LogP contribution in [0.5, 0.6) is 5.75 Å². The molecule has 4 rings (SSSR count). The lowest BCUT2D eigenvalue weighted by Gasteiger charge is -2.35. The second-order valence-electron chi connectivity index (χ2n) is 7.74. The lowest BCUT2D eigenvalue weighted by atomic mass is 10.1. The first kappa shape index (κ1) is 22.8. The highest BCUT2D eigenvalue weighted by Gasteiger charge is 2.24. The Labute approximate surface area is 197 Å². The van der Waals surface area contributed by atoms with E-state index in [0.29, 0.717) is 43.9 Å². The van der Waals surface area contributed by atoms with Crippen molar-refractivity contribution in [2.24, 2.45) is 0 Å². The topological polar surface area (TPSA) is 56.6 Å². The summed E-state index contributed by atoms with van der Waals surface area (Å²) in [5.74, 6) is -0.137. The van der Waals surface area contributed by atoms with Crippen LogP contribution in [0.1, 0.15) is 21.5 Å². The predicted octanol–water partition coefficient (Wildman–Crippen LogP) is 4.82. The van der Waals surface area contributed by atoms with Gasteiger partial charge in [0.1, 0.15) is 6.07 Å². The molecule has 0 unspecified atom stereocenters. The van der Waals surface area contributed by atoms with Crippen LogP contribution >= 0.6 is 11.8 Å². The van der Waals surface area contributed by atoms with Gasteiger partial charge in [-0.05, 0) is 42.0 Å². The average molecular weight is 462 g/mol. The van der Waals surface area contributed by atoms with Crippen LogP contribution in [-0.2, 0) is 6.54 Å². The minimum absolute atomic E-state index is 0.0114. The van der Waals surface area contributed by atoms with E-state index >= 15 is 0 Å². The molecule has 0 N–H and O–H groups in total. The summed E-state index contributed by atoms with van der Waals surface area (Å²) in [7, 11) is 1.45. The molecular weight excluding hydrogens is 437 g/mol. The first-order valence-corrected chi connectivity index (χ1v) is 11.5. The molecule has 3 aromatic carbocycles. The summed E-state index contributed by atoms with van der Waals surface area (Å²) >= 11 is 1.44. The Kier molecular flexibility index (Phi) is 7.28. The number of piperazine rings is 1. The largest absolute Gasteiger partial charge is 0.494 e. The number of nitrogens with zero attached hydrogens (tertiary/aromatic N) is 3. The van der Waals surface area contributed by atoms with Gasteiger partial charge in [-0.1, -0.05) is 42.1 Å². The van der Waals surface area contributed by atoms with Gasteiger partial charge in [0.25, 0.3) is 5.91 Å². The zero-order valence-corrected chi connectivity index (χ0v) is 19.1. The van der Waals surface area contributed by atoms with Gasteiger partial charge in [-0.2, -0.15) is 5.26 Å². The van der Waals surface area contributed by atoms with Gasteiger partial charge < -0.3 is 9.64 Å². The molecule has 1 aliphatic heterocycles. The number of ether oxygens (including phenoxy) is 1. The highest BCUT2D eigenvalue weighted by Crippen LogP contribution is 2.33. The smallest absolute Gasteiger partial charge is 0.255 e. The summed E-state index contributed by atoms with van der Waals surface area (Å²) in [6.07, 6.45) is 0. The van der Waals surface area contributed by atoms with E-state index in [9.17, 15) is 14.4 Å². The van der Waals surface area contributed by atoms with E-state index in [0.717, 1.165) is 15.4 Å². The van der Waals surface area contributed by atoms with Gasteiger partial charge in [0, 0.05) is 42.5 Å². The van der Waals surface area contributed by atoms with E-state index < -0.39 is 0 Å². The molecule has 0 bridgehead atoms. The van der Waals surface area contributed by atoms with E-state index in [4.69, 9.17) is 4.74 Å². The molecule has 1 fully saturated rings. The molecule has 0 atom stereocenters. The molecule has 1 aliphatic rings. The fraction of sp³-hybridized carbons (Fsp3) is 0.231. The number of benzene rings is 3. The normalized spacial score (nSPS) is 14.0. The third-order valence-corrected chi connectivity index (χ3v) is 6.78. The number of hydrogen-bond donors (Lipinski definition) is 0. The number of rotatable bonds is 6. The lowest BCUT2D eigenvalue weighted by molar-refractivity contribution is 0.0625. The predicted molar refractivity (Wildman–Crippen MR) is 126 cm³/mol. The number of hydrogen-bond acceptors (Lipinski definition) is 5. The summed E-state index contributed by atoms with van der Waals surface area (Å²) < 4.78 is 19.0. The number of methoxy groups -OCH3 is 1. The third-order valence-electron chi connectivity index (χ3n) is 5.63. The highest BCUT2D eigenvalue weighted by molar-refractivity contribution is 7.99.